The molecule has 2 unspecified atom stereocenters. The lowest BCUT2D eigenvalue weighted by Gasteiger charge is -2.37. The molecule has 3 aliphatic heterocycles. The molecule has 0 saturated carbocycles. The minimum absolute atomic E-state index is 0.150. The molecule has 0 aliphatic carbocycles. The van der Waals surface area contributed by atoms with Crippen molar-refractivity contribution in [1.29, 1.82) is 0 Å². The predicted molar refractivity (Wildman–Crippen MR) is 72.7 cm³/mol. The van der Waals surface area contributed by atoms with Crippen molar-refractivity contribution >= 4 is 5.91 Å². The summed E-state index contributed by atoms with van der Waals surface area (Å²) < 4.78 is 5.33. The van der Waals surface area contributed by atoms with Gasteiger partial charge in [0.15, 0.2) is 0 Å². The number of nitrogens with two attached hydrogens (primary N) is 1. The summed E-state index contributed by atoms with van der Waals surface area (Å²) in [7, 11) is 2.20. The number of rotatable bonds is 1. The van der Waals surface area contributed by atoms with Gasteiger partial charge in [0.2, 0.25) is 5.91 Å². The number of nitrogens with zero attached hydrogens (tertiary/aromatic N) is 2. The van der Waals surface area contributed by atoms with Gasteiger partial charge in [-0.3, -0.25) is 9.69 Å². The molecule has 0 spiro atoms. The number of hydrogen-bond acceptors (Lipinski definition) is 4. The fourth-order valence-corrected chi connectivity index (χ4v) is 3.76. The van der Waals surface area contributed by atoms with Crippen LogP contribution in [0.15, 0.2) is 0 Å². The van der Waals surface area contributed by atoms with Crippen LogP contribution in [0.25, 0.3) is 0 Å². The van der Waals surface area contributed by atoms with Gasteiger partial charge in [0.1, 0.15) is 0 Å². The quantitative estimate of drug-likeness (QED) is 0.737. The van der Waals surface area contributed by atoms with E-state index in [9.17, 15) is 4.79 Å². The second-order valence-corrected chi connectivity index (χ2v) is 6.36. The van der Waals surface area contributed by atoms with E-state index in [4.69, 9.17) is 10.5 Å². The van der Waals surface area contributed by atoms with Crippen LogP contribution in [0.4, 0.5) is 0 Å². The number of ether oxygens (including phenoxy) is 1. The fourth-order valence-electron chi connectivity index (χ4n) is 3.76. The molecule has 0 aromatic rings. The number of hydrogen-bond donors (Lipinski definition) is 1. The summed E-state index contributed by atoms with van der Waals surface area (Å²) in [6, 6.07) is 1.19. The van der Waals surface area contributed by atoms with E-state index in [1.807, 2.05) is 4.90 Å². The van der Waals surface area contributed by atoms with Crippen LogP contribution in [-0.2, 0) is 9.53 Å². The van der Waals surface area contributed by atoms with E-state index in [0.717, 1.165) is 19.5 Å². The van der Waals surface area contributed by atoms with Crippen molar-refractivity contribution in [1.82, 2.24) is 9.80 Å². The minimum atomic E-state index is -0.680. The van der Waals surface area contributed by atoms with E-state index in [2.05, 4.69) is 11.9 Å². The molecule has 3 aliphatic rings. The smallest absolute Gasteiger partial charge is 0.242 e. The molecular weight excluding hydrogens is 242 g/mol. The Morgan fingerprint density at radius 3 is 2.63 bits per heavy atom. The lowest BCUT2D eigenvalue weighted by atomic mass is 9.89. The number of amides is 1. The van der Waals surface area contributed by atoms with Crippen molar-refractivity contribution < 1.29 is 9.53 Å². The van der Waals surface area contributed by atoms with E-state index in [0.29, 0.717) is 38.1 Å². The number of fused-ring (bicyclic) bond motifs is 2. The molecule has 0 aromatic heterocycles. The van der Waals surface area contributed by atoms with E-state index in [1.54, 1.807) is 0 Å². The third kappa shape index (κ3) is 2.39. The summed E-state index contributed by atoms with van der Waals surface area (Å²) in [5.41, 5.74) is 5.65. The highest BCUT2D eigenvalue weighted by atomic mass is 16.5. The molecule has 2 atom stereocenters. The van der Waals surface area contributed by atoms with E-state index in [1.165, 1.54) is 12.8 Å². The zero-order valence-corrected chi connectivity index (χ0v) is 11.8. The average molecular weight is 267 g/mol. The standard InChI is InChI=1S/C14H25N3O2/c1-16-11-2-3-12(16)10-17(7-4-11)13(18)14(15)5-8-19-9-6-14/h11-12H,2-10,15H2,1H3. The normalized spacial score (nSPS) is 35.2. The van der Waals surface area contributed by atoms with Gasteiger partial charge in [-0.25, -0.2) is 0 Å². The van der Waals surface area contributed by atoms with Crippen LogP contribution in [0.5, 0.6) is 0 Å². The Labute approximate surface area is 115 Å². The van der Waals surface area contributed by atoms with Crippen LogP contribution in [0.2, 0.25) is 0 Å². The molecule has 2 bridgehead atoms. The molecule has 2 N–H and O–H groups in total. The molecule has 5 nitrogen and oxygen atoms in total. The molecule has 5 heteroatoms. The Morgan fingerprint density at radius 2 is 1.89 bits per heavy atom. The molecule has 3 heterocycles. The predicted octanol–water partition coefficient (Wildman–Crippen LogP) is 0.189. The molecule has 3 saturated heterocycles. The molecule has 0 radical (unpaired) electrons. The zero-order valence-electron chi connectivity index (χ0n) is 11.8. The molecule has 1 amide bonds. The van der Waals surface area contributed by atoms with Crippen molar-refractivity contribution in [3.8, 4) is 0 Å². The highest BCUT2D eigenvalue weighted by Gasteiger charge is 2.42. The summed E-state index contributed by atoms with van der Waals surface area (Å²) in [5.74, 6) is 0.150. The van der Waals surface area contributed by atoms with Gasteiger partial charge in [-0.2, -0.15) is 0 Å². The van der Waals surface area contributed by atoms with Crippen molar-refractivity contribution in [3.63, 3.8) is 0 Å². The maximum atomic E-state index is 12.7. The van der Waals surface area contributed by atoms with E-state index in [-0.39, 0.29) is 5.91 Å². The van der Waals surface area contributed by atoms with Crippen LogP contribution in [0, 0.1) is 0 Å². The first-order chi connectivity index (χ1) is 9.10. The molecule has 3 fully saturated rings. The Kier molecular flexibility index (Phi) is 3.53. The maximum absolute atomic E-state index is 12.7. The molecule has 108 valence electrons. The van der Waals surface area contributed by atoms with Gasteiger partial charge >= 0.3 is 0 Å². The Morgan fingerprint density at radius 1 is 1.21 bits per heavy atom. The van der Waals surface area contributed by atoms with E-state index >= 15 is 0 Å². The van der Waals surface area contributed by atoms with Crippen molar-refractivity contribution in [2.24, 2.45) is 5.73 Å². The van der Waals surface area contributed by atoms with Crippen LogP contribution < -0.4 is 5.73 Å². The first-order valence-corrected chi connectivity index (χ1v) is 7.48. The SMILES string of the molecule is CN1C2CCC1CN(C(=O)C1(N)CCOCC1)CC2. The lowest BCUT2D eigenvalue weighted by Crippen LogP contribution is -2.59. The first-order valence-electron chi connectivity index (χ1n) is 7.48. The van der Waals surface area contributed by atoms with Crippen LogP contribution in [-0.4, -0.2) is 66.7 Å². The third-order valence-corrected chi connectivity index (χ3v) is 5.25. The topological polar surface area (TPSA) is 58.8 Å². The third-order valence-electron chi connectivity index (χ3n) is 5.25. The average Bonchev–Trinajstić information content (AvgIpc) is 2.63. The van der Waals surface area contributed by atoms with Gasteiger partial charge in [0.05, 0.1) is 5.54 Å². The van der Waals surface area contributed by atoms with Crippen LogP contribution in [0.3, 0.4) is 0 Å². The monoisotopic (exact) mass is 267 g/mol. The highest BCUT2D eigenvalue weighted by Crippen LogP contribution is 2.30. The Bertz CT molecular complexity index is 355. The summed E-state index contributed by atoms with van der Waals surface area (Å²) in [6.07, 6.45) is 4.90. The molecule has 19 heavy (non-hydrogen) atoms. The summed E-state index contributed by atoms with van der Waals surface area (Å²) in [4.78, 5) is 17.2. The zero-order chi connectivity index (χ0) is 13.5. The number of likely N-dealkylation sites (tertiary alicyclic amines) is 1. The van der Waals surface area contributed by atoms with E-state index < -0.39 is 5.54 Å². The van der Waals surface area contributed by atoms with Crippen molar-refractivity contribution in [3.05, 3.63) is 0 Å². The summed E-state index contributed by atoms with van der Waals surface area (Å²) in [6.45, 7) is 2.94. The minimum Gasteiger partial charge on any atom is -0.381 e. The molecule has 0 aromatic carbocycles. The summed E-state index contributed by atoms with van der Waals surface area (Å²) in [5, 5.41) is 0. The van der Waals surface area contributed by atoms with Crippen LogP contribution in [0.1, 0.15) is 32.1 Å². The fraction of sp³-hybridized carbons (Fsp3) is 0.929. The number of carbonyl (C=O) groups is 1. The second-order valence-electron chi connectivity index (χ2n) is 6.36. The summed E-state index contributed by atoms with van der Waals surface area (Å²) >= 11 is 0. The van der Waals surface area contributed by atoms with Crippen molar-refractivity contribution in [2.75, 3.05) is 33.4 Å². The lowest BCUT2D eigenvalue weighted by molar-refractivity contribution is -0.140. The first kappa shape index (κ1) is 13.3. The van der Waals surface area contributed by atoms with Gasteiger partial charge < -0.3 is 15.4 Å². The Balaban J connectivity index is 1.70. The van der Waals surface area contributed by atoms with Gasteiger partial charge in [-0.05, 0) is 39.2 Å². The van der Waals surface area contributed by atoms with Crippen LogP contribution >= 0.6 is 0 Å². The maximum Gasteiger partial charge on any atom is 0.242 e. The van der Waals surface area contributed by atoms with Crippen molar-refractivity contribution in [2.45, 2.75) is 49.7 Å². The molecule has 3 rings (SSSR count). The van der Waals surface area contributed by atoms with Gasteiger partial charge in [0.25, 0.3) is 0 Å². The number of carbonyl (C=O) groups excluding carboxylic acids is 1. The van der Waals surface area contributed by atoms with Gasteiger partial charge in [-0.1, -0.05) is 0 Å². The largest absolute Gasteiger partial charge is 0.381 e. The molecular formula is C14H25N3O2. The second kappa shape index (κ2) is 5.04. The van der Waals surface area contributed by atoms with Gasteiger partial charge in [0, 0.05) is 38.4 Å². The Hall–Kier alpha value is -0.650. The number of likely N-dealkylation sites (N-methyl/N-ethyl adjacent to an activating group) is 1. The highest BCUT2D eigenvalue weighted by molar-refractivity contribution is 5.86. The van der Waals surface area contributed by atoms with Gasteiger partial charge in [-0.15, -0.1) is 0 Å².